The van der Waals surface area contributed by atoms with Crippen LogP contribution >= 0.6 is 11.3 Å². The summed E-state index contributed by atoms with van der Waals surface area (Å²) in [6.45, 7) is 1.82. The number of esters is 1. The lowest BCUT2D eigenvalue weighted by Crippen LogP contribution is -2.09. The number of aromatic amines is 1. The number of methoxy groups -OCH3 is 1. The van der Waals surface area contributed by atoms with Crippen molar-refractivity contribution >= 4 is 38.9 Å². The molecular weight excluding hydrogens is 374 g/mol. The monoisotopic (exact) mass is 391 g/mol. The van der Waals surface area contributed by atoms with Crippen molar-refractivity contribution in [2.75, 3.05) is 12.4 Å². The zero-order valence-corrected chi connectivity index (χ0v) is 16.1. The number of H-pyrrole nitrogens is 1. The minimum Gasteiger partial charge on any atom is -0.465 e. The van der Waals surface area contributed by atoms with Gasteiger partial charge in [-0.25, -0.2) is 9.78 Å². The van der Waals surface area contributed by atoms with E-state index in [1.54, 1.807) is 18.2 Å². The number of carbonyl (C=O) groups is 1. The second kappa shape index (κ2) is 7.28. The molecule has 28 heavy (non-hydrogen) atoms. The van der Waals surface area contributed by atoms with Gasteiger partial charge in [0, 0.05) is 5.69 Å². The highest BCUT2D eigenvalue weighted by Gasteiger charge is 2.24. The van der Waals surface area contributed by atoms with E-state index in [1.165, 1.54) is 18.4 Å². The number of anilines is 2. The molecule has 0 fully saturated rings. The summed E-state index contributed by atoms with van der Waals surface area (Å²) in [5.74, 6) is -0.0148. The van der Waals surface area contributed by atoms with Crippen molar-refractivity contribution in [3.8, 4) is 10.7 Å². The van der Waals surface area contributed by atoms with E-state index in [0.29, 0.717) is 37.7 Å². The molecule has 0 amide bonds. The summed E-state index contributed by atoms with van der Waals surface area (Å²) in [4.78, 5) is 33.0. The van der Waals surface area contributed by atoms with Crippen LogP contribution < -0.4 is 10.9 Å². The maximum Gasteiger partial charge on any atom is 0.341 e. The molecule has 0 saturated carbocycles. The molecule has 2 heterocycles. The van der Waals surface area contributed by atoms with Crippen LogP contribution in [0.15, 0.2) is 59.4 Å². The van der Waals surface area contributed by atoms with Gasteiger partial charge in [0.2, 0.25) is 0 Å². The smallest absolute Gasteiger partial charge is 0.341 e. The molecule has 4 rings (SSSR count). The van der Waals surface area contributed by atoms with E-state index >= 15 is 0 Å². The van der Waals surface area contributed by atoms with Gasteiger partial charge in [0.25, 0.3) is 5.56 Å². The van der Waals surface area contributed by atoms with Crippen molar-refractivity contribution in [1.29, 1.82) is 0 Å². The Hall–Kier alpha value is -3.45. The molecule has 0 bridgehead atoms. The molecular formula is C21H17N3O3S. The number of ether oxygens (including phenoxy) is 1. The van der Waals surface area contributed by atoms with Crippen molar-refractivity contribution in [2.45, 2.75) is 6.92 Å². The molecule has 6 nitrogen and oxygen atoms in total. The number of hydrogen-bond acceptors (Lipinski definition) is 6. The molecule has 0 spiro atoms. The number of nitrogens with one attached hydrogen (secondary N) is 2. The summed E-state index contributed by atoms with van der Waals surface area (Å²) in [6, 6.07) is 16.7. The third-order valence-corrected chi connectivity index (χ3v) is 5.61. The van der Waals surface area contributed by atoms with Gasteiger partial charge in [-0.2, -0.15) is 0 Å². The van der Waals surface area contributed by atoms with Crippen LogP contribution in [0, 0.1) is 6.92 Å². The number of rotatable bonds is 4. The lowest BCUT2D eigenvalue weighted by molar-refractivity contribution is 0.0601. The third-order valence-electron chi connectivity index (χ3n) is 4.40. The summed E-state index contributed by atoms with van der Waals surface area (Å²) in [6.07, 6.45) is 0. The predicted molar refractivity (Wildman–Crippen MR) is 111 cm³/mol. The molecule has 2 aromatic heterocycles. The number of para-hydroxylation sites is 2. The Balaban J connectivity index is 1.88. The number of carbonyl (C=O) groups excluding carboxylic acids is 1. The van der Waals surface area contributed by atoms with Crippen LogP contribution in [0.3, 0.4) is 0 Å². The molecule has 0 radical (unpaired) electrons. The summed E-state index contributed by atoms with van der Waals surface area (Å²) >= 11 is 1.35. The molecule has 0 aliphatic carbocycles. The number of nitrogens with zero attached hydrogens (tertiary/aromatic N) is 1. The van der Waals surface area contributed by atoms with Gasteiger partial charge in [-0.1, -0.05) is 30.3 Å². The Morgan fingerprint density at radius 2 is 1.82 bits per heavy atom. The Kier molecular flexibility index (Phi) is 4.67. The highest BCUT2D eigenvalue weighted by atomic mass is 32.1. The number of benzene rings is 2. The second-order valence-electron chi connectivity index (χ2n) is 6.17. The summed E-state index contributed by atoms with van der Waals surface area (Å²) in [5, 5.41) is 4.43. The van der Waals surface area contributed by atoms with E-state index in [1.807, 2.05) is 43.3 Å². The maximum absolute atomic E-state index is 12.5. The van der Waals surface area contributed by atoms with Crippen molar-refractivity contribution in [3.63, 3.8) is 0 Å². The molecule has 0 saturated heterocycles. The molecule has 140 valence electrons. The molecule has 0 atom stereocenters. The third kappa shape index (κ3) is 3.16. The fraction of sp³-hybridized carbons (Fsp3) is 0.0952. The van der Waals surface area contributed by atoms with Gasteiger partial charge in [0.15, 0.2) is 5.82 Å². The zero-order valence-electron chi connectivity index (χ0n) is 15.3. The molecule has 0 aliphatic heterocycles. The first-order valence-electron chi connectivity index (χ1n) is 8.61. The number of aromatic nitrogens is 2. The van der Waals surface area contributed by atoms with Gasteiger partial charge in [0.1, 0.15) is 5.00 Å². The Bertz CT molecular complexity index is 1230. The highest BCUT2D eigenvalue weighted by Crippen LogP contribution is 2.40. The standard InChI is InChI=1S/C21H17N3O3S/c1-12-16(21(26)27-2)20(22-13-8-4-3-5-9-13)28-17(12)18-23-15-11-7-6-10-14(15)19(25)24-18/h3-11,22H,1-2H3,(H,23,24,25). The van der Waals surface area contributed by atoms with Crippen LogP contribution in [0.25, 0.3) is 21.6 Å². The minimum absolute atomic E-state index is 0.217. The predicted octanol–water partition coefficient (Wildman–Crippen LogP) is 4.49. The summed E-state index contributed by atoms with van der Waals surface area (Å²) in [7, 11) is 1.35. The SMILES string of the molecule is COC(=O)c1c(Nc2ccccc2)sc(-c2nc3ccccc3c(=O)[nH]2)c1C. The molecule has 4 aromatic rings. The number of thiophene rings is 1. The van der Waals surface area contributed by atoms with E-state index in [0.717, 1.165) is 5.69 Å². The van der Waals surface area contributed by atoms with E-state index < -0.39 is 5.97 Å². The van der Waals surface area contributed by atoms with Gasteiger partial charge in [-0.05, 0) is 36.8 Å². The lowest BCUT2D eigenvalue weighted by atomic mass is 10.1. The average Bonchev–Trinajstić information content (AvgIpc) is 3.04. The first kappa shape index (κ1) is 17.9. The molecule has 0 unspecified atom stereocenters. The second-order valence-corrected chi connectivity index (χ2v) is 7.20. The fourth-order valence-corrected chi connectivity index (χ4v) is 4.18. The van der Waals surface area contributed by atoms with Crippen LogP contribution in [0.5, 0.6) is 0 Å². The van der Waals surface area contributed by atoms with Crippen molar-refractivity contribution in [2.24, 2.45) is 0 Å². The Morgan fingerprint density at radius 3 is 2.57 bits per heavy atom. The first-order valence-corrected chi connectivity index (χ1v) is 9.43. The topological polar surface area (TPSA) is 84.1 Å². The van der Waals surface area contributed by atoms with Gasteiger partial charge in [-0.15, -0.1) is 11.3 Å². The molecule has 0 aliphatic rings. The summed E-state index contributed by atoms with van der Waals surface area (Å²) in [5.41, 5.74) is 2.37. The van der Waals surface area contributed by atoms with Crippen LogP contribution in [-0.4, -0.2) is 23.0 Å². The van der Waals surface area contributed by atoms with Gasteiger partial charge >= 0.3 is 5.97 Å². The quantitative estimate of drug-likeness (QED) is 0.501. The van der Waals surface area contributed by atoms with Crippen molar-refractivity contribution in [1.82, 2.24) is 9.97 Å². The van der Waals surface area contributed by atoms with Crippen LogP contribution in [-0.2, 0) is 4.74 Å². The Labute approximate surface area is 164 Å². The van der Waals surface area contributed by atoms with Crippen molar-refractivity contribution in [3.05, 3.63) is 76.1 Å². The normalized spacial score (nSPS) is 10.8. The van der Waals surface area contributed by atoms with E-state index in [2.05, 4.69) is 15.3 Å². The van der Waals surface area contributed by atoms with Gasteiger partial charge < -0.3 is 15.0 Å². The highest BCUT2D eigenvalue weighted by molar-refractivity contribution is 7.20. The fourth-order valence-electron chi connectivity index (χ4n) is 3.02. The average molecular weight is 391 g/mol. The van der Waals surface area contributed by atoms with E-state index in [4.69, 9.17) is 4.74 Å². The first-order chi connectivity index (χ1) is 13.6. The maximum atomic E-state index is 12.5. The van der Waals surface area contributed by atoms with E-state index in [9.17, 15) is 9.59 Å². The summed E-state index contributed by atoms with van der Waals surface area (Å²) < 4.78 is 4.97. The largest absolute Gasteiger partial charge is 0.465 e. The van der Waals surface area contributed by atoms with E-state index in [-0.39, 0.29) is 5.56 Å². The number of fused-ring (bicyclic) bond motifs is 1. The molecule has 7 heteroatoms. The van der Waals surface area contributed by atoms with Crippen LogP contribution in [0.2, 0.25) is 0 Å². The van der Waals surface area contributed by atoms with Gasteiger partial charge in [0.05, 0.1) is 28.5 Å². The van der Waals surface area contributed by atoms with Crippen LogP contribution in [0.1, 0.15) is 15.9 Å². The Morgan fingerprint density at radius 1 is 1.11 bits per heavy atom. The zero-order chi connectivity index (χ0) is 19.7. The van der Waals surface area contributed by atoms with Gasteiger partial charge in [-0.3, -0.25) is 4.79 Å². The minimum atomic E-state index is -0.443. The molecule has 2 aromatic carbocycles. The van der Waals surface area contributed by atoms with Crippen LogP contribution in [0.4, 0.5) is 10.7 Å². The lowest BCUT2D eigenvalue weighted by Gasteiger charge is -2.06. The van der Waals surface area contributed by atoms with Crippen molar-refractivity contribution < 1.29 is 9.53 Å². The molecule has 2 N–H and O–H groups in total. The number of hydrogen-bond donors (Lipinski definition) is 2.